The molecule has 1 nitrogen and oxygen atoms in total. The number of hydrogen-bond donors (Lipinski definition) is 1. The van der Waals surface area contributed by atoms with E-state index in [1.165, 1.54) is 6.07 Å². The Hall–Kier alpha value is -0.110. The van der Waals surface area contributed by atoms with Gasteiger partial charge in [0.15, 0.2) is 0 Å². The zero-order chi connectivity index (χ0) is 9.35. The summed E-state index contributed by atoms with van der Waals surface area (Å²) in [5.41, 5.74) is -0.806. The number of aromatic nitrogens is 1. The van der Waals surface area contributed by atoms with Gasteiger partial charge in [-0.15, -0.1) is 0 Å². The van der Waals surface area contributed by atoms with Crippen molar-refractivity contribution in [1.29, 1.82) is 0 Å². The van der Waals surface area contributed by atoms with Crippen LogP contribution in [-0.2, 0) is 6.18 Å². The lowest BCUT2D eigenvalue weighted by atomic mass is 10.3. The van der Waals surface area contributed by atoms with Crippen molar-refractivity contribution in [2.24, 2.45) is 0 Å². The van der Waals surface area contributed by atoms with Crippen LogP contribution in [-0.4, -0.2) is 4.98 Å². The largest absolute Gasteiger partial charge is 0.431 e. The highest BCUT2D eigenvalue weighted by Crippen LogP contribution is 2.27. The van der Waals surface area contributed by atoms with Gasteiger partial charge in [-0.1, -0.05) is 12.2 Å². The van der Waals surface area contributed by atoms with Gasteiger partial charge in [0.2, 0.25) is 0 Å². The molecule has 6 heteroatoms. The Morgan fingerprint density at radius 3 is 2.33 bits per heavy atom. The molecular weight excluding hydrogens is 302 g/mol. The summed E-state index contributed by atoms with van der Waals surface area (Å²) >= 11 is 6.38. The van der Waals surface area contributed by atoms with Crippen LogP contribution in [0.5, 0.6) is 0 Å². The maximum absolute atomic E-state index is 12.1. The molecule has 1 rings (SSSR count). The summed E-state index contributed by atoms with van der Waals surface area (Å²) < 4.78 is 36.8. The monoisotopic (exact) mass is 305 g/mol. The molecule has 0 amide bonds. The fourth-order valence-corrected chi connectivity index (χ4v) is 1.74. The van der Waals surface area contributed by atoms with Gasteiger partial charge in [0, 0.05) is 4.51 Å². The van der Waals surface area contributed by atoms with Gasteiger partial charge < -0.3 is 4.98 Å². The minimum Gasteiger partial charge on any atom is -0.346 e. The van der Waals surface area contributed by atoms with Crippen molar-refractivity contribution < 1.29 is 13.2 Å². The van der Waals surface area contributed by atoms with E-state index in [0.717, 1.165) is 6.07 Å². The molecule has 0 aromatic carbocycles. The van der Waals surface area contributed by atoms with Crippen molar-refractivity contribution in [2.45, 2.75) is 6.18 Å². The third kappa shape index (κ3) is 2.44. The molecule has 66 valence electrons. The summed E-state index contributed by atoms with van der Waals surface area (Å²) in [6.07, 6.45) is -4.35. The molecule has 0 saturated carbocycles. The number of halogens is 4. The predicted octanol–water partition coefficient (Wildman–Crippen LogP) is 3.37. The Kier molecular flexibility index (Phi) is 2.77. The summed E-state index contributed by atoms with van der Waals surface area (Å²) in [5.74, 6) is 0. The second-order valence-electron chi connectivity index (χ2n) is 2.08. The summed E-state index contributed by atoms with van der Waals surface area (Å²) in [7, 11) is 0. The summed E-state index contributed by atoms with van der Waals surface area (Å²) in [6, 6.07) is 2.36. The van der Waals surface area contributed by atoms with Gasteiger partial charge in [-0.2, -0.15) is 13.2 Å². The topological polar surface area (TPSA) is 15.8 Å². The van der Waals surface area contributed by atoms with Crippen LogP contribution in [0.3, 0.4) is 0 Å². The number of aromatic amines is 1. The average molecular weight is 305 g/mol. The van der Waals surface area contributed by atoms with Gasteiger partial charge in [-0.25, -0.2) is 0 Å². The SMILES string of the molecule is FC(F)(F)c1cc(=S)cc(I)[nH]1. The van der Waals surface area contributed by atoms with Crippen molar-refractivity contribution in [1.82, 2.24) is 4.98 Å². The first-order chi connectivity index (χ1) is 5.39. The van der Waals surface area contributed by atoms with Gasteiger partial charge in [0.25, 0.3) is 0 Å². The molecule has 0 aliphatic heterocycles. The van der Waals surface area contributed by atoms with Crippen molar-refractivity contribution in [2.75, 3.05) is 0 Å². The molecule has 0 aliphatic carbocycles. The molecule has 0 saturated heterocycles. The molecule has 0 atom stereocenters. The number of pyridine rings is 1. The Bertz CT molecular complexity index is 343. The zero-order valence-corrected chi connectivity index (χ0v) is 8.55. The van der Waals surface area contributed by atoms with E-state index in [1.54, 1.807) is 22.6 Å². The van der Waals surface area contributed by atoms with Crippen LogP contribution in [0.15, 0.2) is 12.1 Å². The van der Waals surface area contributed by atoms with Crippen LogP contribution in [0.4, 0.5) is 13.2 Å². The molecule has 0 unspecified atom stereocenters. The van der Waals surface area contributed by atoms with Crippen LogP contribution in [0, 0.1) is 8.21 Å². The van der Waals surface area contributed by atoms with Gasteiger partial charge >= 0.3 is 6.18 Å². The van der Waals surface area contributed by atoms with Crippen LogP contribution in [0.25, 0.3) is 0 Å². The highest BCUT2D eigenvalue weighted by Gasteiger charge is 2.31. The molecule has 1 heterocycles. The van der Waals surface area contributed by atoms with E-state index in [0.29, 0.717) is 3.70 Å². The number of H-pyrrole nitrogens is 1. The lowest BCUT2D eigenvalue weighted by Gasteiger charge is -2.06. The van der Waals surface area contributed by atoms with Crippen LogP contribution >= 0.6 is 34.8 Å². The average Bonchev–Trinajstić information content (AvgIpc) is 1.82. The van der Waals surface area contributed by atoms with Crippen molar-refractivity contribution in [3.63, 3.8) is 0 Å². The molecule has 12 heavy (non-hydrogen) atoms. The van der Waals surface area contributed by atoms with E-state index in [1.807, 2.05) is 0 Å². The Morgan fingerprint density at radius 1 is 1.33 bits per heavy atom. The van der Waals surface area contributed by atoms with Crippen LogP contribution in [0.2, 0.25) is 0 Å². The summed E-state index contributed by atoms with van der Waals surface area (Å²) in [4.78, 5) is 2.18. The predicted molar refractivity (Wildman–Crippen MR) is 49.3 cm³/mol. The second-order valence-corrected chi connectivity index (χ2v) is 3.71. The number of hydrogen-bond acceptors (Lipinski definition) is 1. The van der Waals surface area contributed by atoms with Crippen LogP contribution in [0.1, 0.15) is 5.69 Å². The van der Waals surface area contributed by atoms with Gasteiger partial charge in [0.1, 0.15) is 5.69 Å². The molecule has 1 N–H and O–H groups in total. The van der Waals surface area contributed by atoms with E-state index in [-0.39, 0.29) is 4.51 Å². The number of nitrogens with one attached hydrogen (secondary N) is 1. The van der Waals surface area contributed by atoms with Crippen molar-refractivity contribution in [3.8, 4) is 0 Å². The van der Waals surface area contributed by atoms with Crippen molar-refractivity contribution in [3.05, 3.63) is 26.0 Å². The molecule has 1 aromatic heterocycles. The third-order valence-corrected chi connectivity index (χ3v) is 1.93. The maximum atomic E-state index is 12.1. The number of alkyl halides is 3. The first kappa shape index (κ1) is 9.97. The molecule has 0 radical (unpaired) electrons. The minimum atomic E-state index is -4.35. The first-order valence-corrected chi connectivity index (χ1v) is 4.35. The molecule has 0 bridgehead atoms. The van der Waals surface area contributed by atoms with E-state index < -0.39 is 11.9 Å². The highest BCUT2D eigenvalue weighted by atomic mass is 127. The Balaban J connectivity index is 3.27. The molecule has 0 aliphatic rings. The Morgan fingerprint density at radius 2 is 1.92 bits per heavy atom. The van der Waals surface area contributed by atoms with E-state index in [9.17, 15) is 13.2 Å². The normalized spacial score (nSPS) is 11.7. The van der Waals surface area contributed by atoms with E-state index >= 15 is 0 Å². The standard InChI is InChI=1S/C6H3F3INS/c7-6(8,9)4-1-3(12)2-5(10)11-4/h1-2H,(H,11,12). The minimum absolute atomic E-state index is 0.186. The van der Waals surface area contributed by atoms with E-state index in [2.05, 4.69) is 17.2 Å². The lowest BCUT2D eigenvalue weighted by Crippen LogP contribution is -2.08. The molecule has 0 spiro atoms. The molecular formula is C6H3F3INS. The maximum Gasteiger partial charge on any atom is 0.431 e. The Labute approximate surface area is 85.1 Å². The van der Waals surface area contributed by atoms with Gasteiger partial charge in [-0.3, -0.25) is 0 Å². The smallest absolute Gasteiger partial charge is 0.346 e. The van der Waals surface area contributed by atoms with Gasteiger partial charge in [0.05, 0.1) is 3.70 Å². The van der Waals surface area contributed by atoms with E-state index in [4.69, 9.17) is 0 Å². The van der Waals surface area contributed by atoms with Crippen LogP contribution < -0.4 is 0 Å². The lowest BCUT2D eigenvalue weighted by molar-refractivity contribution is -0.141. The highest BCUT2D eigenvalue weighted by molar-refractivity contribution is 14.1. The fraction of sp³-hybridized carbons (Fsp3) is 0.167. The molecule has 0 fully saturated rings. The summed E-state index contributed by atoms with van der Waals surface area (Å²) in [5, 5.41) is 0. The quantitative estimate of drug-likeness (QED) is 0.441. The zero-order valence-electron chi connectivity index (χ0n) is 5.57. The summed E-state index contributed by atoms with van der Waals surface area (Å²) in [6.45, 7) is 0. The second kappa shape index (κ2) is 3.33. The first-order valence-electron chi connectivity index (χ1n) is 2.86. The third-order valence-electron chi connectivity index (χ3n) is 1.12. The van der Waals surface area contributed by atoms with Crippen molar-refractivity contribution >= 4 is 34.8 Å². The fourth-order valence-electron chi connectivity index (χ4n) is 0.662. The number of rotatable bonds is 0. The van der Waals surface area contributed by atoms with Gasteiger partial charge in [-0.05, 0) is 34.7 Å². The molecule has 1 aromatic rings.